The number of hydrogen-bond acceptors (Lipinski definition) is 4. The maximum atomic E-state index is 13.2. The molecule has 184 valence electrons. The Morgan fingerprint density at radius 3 is 2.33 bits per heavy atom. The lowest BCUT2D eigenvalue weighted by Crippen LogP contribution is -2.40. The van der Waals surface area contributed by atoms with Gasteiger partial charge in [0, 0.05) is 36.7 Å². The molecule has 0 bridgehead atoms. The zero-order valence-electron chi connectivity index (χ0n) is 20.8. The molecule has 1 aromatic heterocycles. The lowest BCUT2D eigenvalue weighted by Gasteiger charge is -2.22. The maximum absolute atomic E-state index is 13.2. The number of imidazole rings is 1. The van der Waals surface area contributed by atoms with Gasteiger partial charge in [-0.2, -0.15) is 0 Å². The largest absolute Gasteiger partial charge is 0.383 e. The summed E-state index contributed by atoms with van der Waals surface area (Å²) in [6.07, 6.45) is 1.90. The van der Waals surface area contributed by atoms with Crippen LogP contribution in [0.3, 0.4) is 0 Å². The molecule has 0 aliphatic rings. The fourth-order valence-electron chi connectivity index (χ4n) is 3.89. The van der Waals surface area contributed by atoms with Crippen LogP contribution >= 0.6 is 0 Å². The third-order valence-corrected chi connectivity index (χ3v) is 5.90. The molecule has 0 aliphatic heterocycles. The van der Waals surface area contributed by atoms with Gasteiger partial charge < -0.3 is 9.64 Å². The Morgan fingerprint density at radius 1 is 0.944 bits per heavy atom. The highest BCUT2D eigenvalue weighted by Gasteiger charge is 2.21. The summed E-state index contributed by atoms with van der Waals surface area (Å²) < 4.78 is 7.03. The maximum Gasteiger partial charge on any atom is 0.254 e. The zero-order valence-corrected chi connectivity index (χ0v) is 20.8. The van der Waals surface area contributed by atoms with E-state index in [-0.39, 0.29) is 18.4 Å². The summed E-state index contributed by atoms with van der Waals surface area (Å²) in [5.74, 6) is -0.170. The van der Waals surface area contributed by atoms with Crippen molar-refractivity contribution in [3.8, 4) is 16.9 Å². The Balaban J connectivity index is 1.60. The van der Waals surface area contributed by atoms with E-state index >= 15 is 0 Å². The molecule has 0 atom stereocenters. The molecule has 4 aromatic rings. The number of nitrogens with one attached hydrogen (secondary N) is 1. The van der Waals surface area contributed by atoms with Gasteiger partial charge in [-0.15, -0.1) is 0 Å². The summed E-state index contributed by atoms with van der Waals surface area (Å²) in [5.41, 5.74) is 5.10. The minimum atomic E-state index is -0.341. The third-order valence-electron chi connectivity index (χ3n) is 5.90. The van der Waals surface area contributed by atoms with Crippen LogP contribution in [0.2, 0.25) is 0 Å². The number of aryl methyl sites for hydroxylation is 2. The van der Waals surface area contributed by atoms with Crippen LogP contribution in [0.1, 0.15) is 21.5 Å². The van der Waals surface area contributed by atoms with Gasteiger partial charge in [-0.05, 0) is 37.6 Å². The molecule has 1 heterocycles. The second-order valence-electron chi connectivity index (χ2n) is 8.60. The minimum absolute atomic E-state index is 0.127. The van der Waals surface area contributed by atoms with Crippen molar-refractivity contribution in [2.75, 3.05) is 32.1 Å². The van der Waals surface area contributed by atoms with E-state index in [1.54, 1.807) is 13.2 Å². The van der Waals surface area contributed by atoms with Crippen LogP contribution < -0.4 is 5.32 Å². The first-order valence-electron chi connectivity index (χ1n) is 11.8. The smallest absolute Gasteiger partial charge is 0.254 e. The van der Waals surface area contributed by atoms with E-state index in [4.69, 9.17) is 9.72 Å². The molecule has 0 aliphatic carbocycles. The molecule has 3 aromatic carbocycles. The van der Waals surface area contributed by atoms with Gasteiger partial charge in [0.05, 0.1) is 12.3 Å². The molecular formula is C29H30N4O3. The highest BCUT2D eigenvalue weighted by molar-refractivity contribution is 6.00. The van der Waals surface area contributed by atoms with Gasteiger partial charge in [0.2, 0.25) is 11.9 Å². The van der Waals surface area contributed by atoms with Gasteiger partial charge in [0.25, 0.3) is 5.91 Å². The fraction of sp³-hybridized carbons (Fsp3) is 0.207. The Kier molecular flexibility index (Phi) is 7.92. The van der Waals surface area contributed by atoms with Crippen molar-refractivity contribution >= 4 is 17.8 Å². The molecule has 1 N–H and O–H groups in total. The van der Waals surface area contributed by atoms with Crippen molar-refractivity contribution in [1.82, 2.24) is 14.5 Å². The molecule has 7 heteroatoms. The number of benzene rings is 3. The lowest BCUT2D eigenvalue weighted by molar-refractivity contribution is -0.117. The van der Waals surface area contributed by atoms with Crippen LogP contribution in [0.25, 0.3) is 16.9 Å². The van der Waals surface area contributed by atoms with E-state index in [0.29, 0.717) is 24.7 Å². The first-order chi connectivity index (χ1) is 17.5. The number of anilines is 1. The topological polar surface area (TPSA) is 76.5 Å². The van der Waals surface area contributed by atoms with Crippen LogP contribution in [0.15, 0.2) is 85.1 Å². The molecule has 0 unspecified atom stereocenters. The van der Waals surface area contributed by atoms with Crippen molar-refractivity contribution in [3.63, 3.8) is 0 Å². The number of ether oxygens (including phenoxy) is 1. The van der Waals surface area contributed by atoms with E-state index in [2.05, 4.69) is 5.32 Å². The molecule has 4 rings (SSSR count). The third kappa shape index (κ3) is 5.87. The van der Waals surface area contributed by atoms with E-state index in [1.807, 2.05) is 97.4 Å². The summed E-state index contributed by atoms with van der Waals surface area (Å²) in [6.45, 7) is 4.39. The highest BCUT2D eigenvalue weighted by Crippen LogP contribution is 2.24. The number of carbonyl (C=O) groups is 2. The lowest BCUT2D eigenvalue weighted by atomic mass is 10.1. The van der Waals surface area contributed by atoms with Crippen molar-refractivity contribution in [3.05, 3.63) is 102 Å². The predicted octanol–water partition coefficient (Wildman–Crippen LogP) is 4.88. The molecule has 0 saturated carbocycles. The van der Waals surface area contributed by atoms with E-state index in [0.717, 1.165) is 28.1 Å². The van der Waals surface area contributed by atoms with Crippen LogP contribution in [0, 0.1) is 13.8 Å². The fourth-order valence-corrected chi connectivity index (χ4v) is 3.89. The average Bonchev–Trinajstić information content (AvgIpc) is 3.31. The first-order valence-corrected chi connectivity index (χ1v) is 11.8. The molecule has 0 radical (unpaired) electrons. The van der Waals surface area contributed by atoms with Gasteiger partial charge in [0.1, 0.15) is 6.54 Å². The molecule has 36 heavy (non-hydrogen) atoms. The van der Waals surface area contributed by atoms with Crippen molar-refractivity contribution in [2.45, 2.75) is 13.8 Å². The Hall–Kier alpha value is -4.23. The van der Waals surface area contributed by atoms with Gasteiger partial charge in [-0.3, -0.25) is 19.5 Å². The number of methoxy groups -OCH3 is 1. The van der Waals surface area contributed by atoms with Gasteiger partial charge in [-0.1, -0.05) is 66.2 Å². The predicted molar refractivity (Wildman–Crippen MR) is 141 cm³/mol. The summed E-state index contributed by atoms with van der Waals surface area (Å²) in [5, 5.41) is 2.92. The monoisotopic (exact) mass is 482 g/mol. The SMILES string of the molecule is COCCN(CC(=O)Nc1nc(-c2ccccc2)cn1-c1ccc(C)cc1)C(=O)c1ccccc1C. The number of amides is 2. The summed E-state index contributed by atoms with van der Waals surface area (Å²) >= 11 is 0. The van der Waals surface area contributed by atoms with E-state index < -0.39 is 0 Å². The summed E-state index contributed by atoms with van der Waals surface area (Å²) in [4.78, 5) is 32.6. The summed E-state index contributed by atoms with van der Waals surface area (Å²) in [7, 11) is 1.57. The molecular weight excluding hydrogens is 452 g/mol. The Bertz CT molecular complexity index is 1330. The van der Waals surface area contributed by atoms with Crippen LogP contribution in [-0.2, 0) is 9.53 Å². The summed E-state index contributed by atoms with van der Waals surface area (Å²) in [6, 6.07) is 25.1. The molecule has 0 fully saturated rings. The first kappa shape index (κ1) is 24.9. The second-order valence-corrected chi connectivity index (χ2v) is 8.60. The van der Waals surface area contributed by atoms with Crippen LogP contribution in [0.5, 0.6) is 0 Å². The molecule has 0 saturated heterocycles. The number of nitrogens with zero attached hydrogens (tertiary/aromatic N) is 3. The number of rotatable bonds is 9. The highest BCUT2D eigenvalue weighted by atomic mass is 16.5. The van der Waals surface area contributed by atoms with Crippen LogP contribution in [0.4, 0.5) is 5.95 Å². The van der Waals surface area contributed by atoms with Crippen molar-refractivity contribution < 1.29 is 14.3 Å². The van der Waals surface area contributed by atoms with Crippen molar-refractivity contribution in [1.29, 1.82) is 0 Å². The number of hydrogen-bond donors (Lipinski definition) is 1. The van der Waals surface area contributed by atoms with E-state index in [9.17, 15) is 9.59 Å². The van der Waals surface area contributed by atoms with Gasteiger partial charge in [0.15, 0.2) is 0 Å². The molecule has 0 spiro atoms. The standard InChI is InChI=1S/C29H30N4O3/c1-21-13-15-24(16-14-21)33-19-26(23-10-5-4-6-11-23)30-29(33)31-27(34)20-32(17-18-36-3)28(35)25-12-8-7-9-22(25)2/h4-16,19H,17-18,20H2,1-3H3,(H,30,31,34). The molecule has 7 nitrogen and oxygen atoms in total. The quantitative estimate of drug-likeness (QED) is 0.369. The Morgan fingerprint density at radius 2 is 1.64 bits per heavy atom. The van der Waals surface area contributed by atoms with Gasteiger partial charge in [-0.25, -0.2) is 4.98 Å². The number of aromatic nitrogens is 2. The van der Waals surface area contributed by atoms with E-state index in [1.165, 1.54) is 4.90 Å². The Labute approximate surface area is 211 Å². The van der Waals surface area contributed by atoms with Crippen LogP contribution in [-0.4, -0.2) is 53.1 Å². The van der Waals surface area contributed by atoms with Gasteiger partial charge >= 0.3 is 0 Å². The normalized spacial score (nSPS) is 10.8. The number of carbonyl (C=O) groups excluding carboxylic acids is 2. The average molecular weight is 483 g/mol. The second kappa shape index (κ2) is 11.5. The minimum Gasteiger partial charge on any atom is -0.383 e. The van der Waals surface area contributed by atoms with Crippen molar-refractivity contribution in [2.24, 2.45) is 0 Å². The molecule has 2 amide bonds. The zero-order chi connectivity index (χ0) is 25.5.